The standard InChI is InChI=1S/C49H52ClFN6O8S/c1-29-36-11-13-38(43(29)50)63-35(24-57-18-16-56(5)17-19-57)26-61-34-10-12-37(62-25-33-14-15-52-45(55-33)40-27-59-20-21-60-40)31(22-34)23-39(48(58)65-49(2,3)4)64-46-42-41(36)44(66-47(42)54-28-53-46)30-6-8-32(51)9-7-30/h6-15,22,28,35,39-40H,16-21,23-27H2,1-5H3/t35-,39-,40?/m1/s1. The second kappa shape index (κ2) is 19.8. The highest BCUT2D eigenvalue weighted by atomic mass is 35.5. The van der Waals surface area contributed by atoms with Gasteiger partial charge in [0.1, 0.15) is 65.2 Å². The summed E-state index contributed by atoms with van der Waals surface area (Å²) in [6.07, 6.45) is 1.04. The number of fused-ring (bicyclic) bond motifs is 7. The second-order valence-electron chi connectivity index (χ2n) is 17.6. The monoisotopic (exact) mass is 938 g/mol. The summed E-state index contributed by atoms with van der Waals surface area (Å²) in [5.74, 6) is 1.19. The molecule has 3 aromatic heterocycles. The van der Waals surface area contributed by atoms with Gasteiger partial charge in [0.25, 0.3) is 0 Å². The minimum absolute atomic E-state index is 0.000107. The Morgan fingerprint density at radius 2 is 1.79 bits per heavy atom. The molecule has 0 radical (unpaired) electrons. The largest absolute Gasteiger partial charge is 0.490 e. The van der Waals surface area contributed by atoms with Gasteiger partial charge in [-0.2, -0.15) is 0 Å². The molecule has 0 spiro atoms. The molecule has 17 heteroatoms. The van der Waals surface area contributed by atoms with Crippen LogP contribution >= 0.6 is 22.9 Å². The van der Waals surface area contributed by atoms with Crippen molar-refractivity contribution in [3.63, 3.8) is 0 Å². The van der Waals surface area contributed by atoms with Crippen LogP contribution in [0.2, 0.25) is 5.02 Å². The summed E-state index contributed by atoms with van der Waals surface area (Å²) < 4.78 is 58.5. The van der Waals surface area contributed by atoms with Crippen LogP contribution in [0, 0.1) is 12.7 Å². The lowest BCUT2D eigenvalue weighted by molar-refractivity contribution is -0.163. The number of carbonyl (C=O) groups is 1. The van der Waals surface area contributed by atoms with Crippen molar-refractivity contribution in [2.45, 2.75) is 64.6 Å². The van der Waals surface area contributed by atoms with Crippen LogP contribution in [-0.4, -0.2) is 120 Å². The van der Waals surface area contributed by atoms with Crippen molar-refractivity contribution in [3.8, 4) is 44.7 Å². The van der Waals surface area contributed by atoms with Crippen LogP contribution in [-0.2, 0) is 32.0 Å². The number of esters is 1. The lowest BCUT2D eigenvalue weighted by Crippen LogP contribution is -2.49. The number of hydrogen-bond acceptors (Lipinski definition) is 15. The van der Waals surface area contributed by atoms with E-state index in [1.54, 1.807) is 45.2 Å². The van der Waals surface area contributed by atoms with Gasteiger partial charge in [-0.05, 0) is 93.9 Å². The fourth-order valence-electron chi connectivity index (χ4n) is 8.15. The SMILES string of the molecule is Cc1c2ccc(c1Cl)O[C@H](CN1CCN(C)CC1)COc1ccc(OCc3ccnc(C4COCCO4)n3)c(c1)C[C@H](C(=O)OC(C)(C)C)Oc1ncnc3sc(-c4ccc(F)cc4)c-2c13. The molecule has 0 amide bonds. The van der Waals surface area contributed by atoms with E-state index >= 15 is 0 Å². The normalized spacial score (nSPS) is 19.7. The number of likely N-dealkylation sites (N-methyl/N-ethyl adjacent to an activating group) is 1. The number of rotatable bonds is 8. The van der Waals surface area contributed by atoms with Crippen LogP contribution < -0.4 is 18.9 Å². The predicted molar refractivity (Wildman–Crippen MR) is 248 cm³/mol. The molecule has 14 nitrogen and oxygen atoms in total. The molecule has 1 unspecified atom stereocenters. The van der Waals surface area contributed by atoms with Crippen LogP contribution in [0.5, 0.6) is 23.1 Å². The smallest absolute Gasteiger partial charge is 0.348 e. The molecule has 346 valence electrons. The Labute approximate surface area is 391 Å². The molecule has 3 atom stereocenters. The van der Waals surface area contributed by atoms with Gasteiger partial charge in [-0.1, -0.05) is 29.8 Å². The molecule has 0 aliphatic carbocycles. The molecule has 2 fully saturated rings. The predicted octanol–water partition coefficient (Wildman–Crippen LogP) is 8.30. The first-order chi connectivity index (χ1) is 31.8. The van der Waals surface area contributed by atoms with Crippen molar-refractivity contribution in [1.29, 1.82) is 0 Å². The second-order valence-corrected chi connectivity index (χ2v) is 19.0. The van der Waals surface area contributed by atoms with E-state index in [9.17, 15) is 9.18 Å². The summed E-state index contributed by atoms with van der Waals surface area (Å²) >= 11 is 8.70. The van der Waals surface area contributed by atoms with Crippen molar-refractivity contribution in [2.24, 2.45) is 0 Å². The zero-order valence-electron chi connectivity index (χ0n) is 37.6. The third-order valence-corrected chi connectivity index (χ3v) is 13.2. The van der Waals surface area contributed by atoms with E-state index in [1.807, 2.05) is 37.3 Å². The summed E-state index contributed by atoms with van der Waals surface area (Å²) in [7, 11) is 2.12. The van der Waals surface area contributed by atoms with Gasteiger partial charge in [-0.15, -0.1) is 11.3 Å². The van der Waals surface area contributed by atoms with Crippen molar-refractivity contribution in [2.75, 3.05) is 66.2 Å². The first kappa shape index (κ1) is 45.7. The lowest BCUT2D eigenvalue weighted by Gasteiger charge is -2.34. The van der Waals surface area contributed by atoms with E-state index in [-0.39, 0.29) is 37.4 Å². The van der Waals surface area contributed by atoms with Gasteiger partial charge in [-0.25, -0.2) is 29.1 Å². The number of thiophene rings is 1. The Balaban J connectivity index is 1.16. The van der Waals surface area contributed by atoms with Crippen molar-refractivity contribution < 1.29 is 42.3 Å². The van der Waals surface area contributed by atoms with E-state index in [1.165, 1.54) is 29.8 Å². The number of aromatic nitrogens is 4. The Morgan fingerprint density at radius 1 is 0.970 bits per heavy atom. The number of carbonyl (C=O) groups excluding carboxylic acids is 1. The molecule has 2 saturated heterocycles. The van der Waals surface area contributed by atoms with Crippen LogP contribution in [0.4, 0.5) is 4.39 Å². The summed E-state index contributed by atoms with van der Waals surface area (Å²) in [6.45, 7) is 13.2. The zero-order valence-corrected chi connectivity index (χ0v) is 39.1. The number of hydrogen-bond donors (Lipinski definition) is 0. The number of ether oxygens (including phenoxy) is 7. The molecule has 7 heterocycles. The fraction of sp³-hybridized carbons (Fsp3) is 0.408. The van der Waals surface area contributed by atoms with Gasteiger partial charge < -0.3 is 38.1 Å². The molecule has 10 rings (SSSR count). The molecule has 66 heavy (non-hydrogen) atoms. The van der Waals surface area contributed by atoms with E-state index < -0.39 is 23.8 Å². The molecular formula is C49H52ClFN6O8S. The van der Waals surface area contributed by atoms with Gasteiger partial charge in [0.15, 0.2) is 5.82 Å². The molecule has 6 aromatic rings. The molecule has 4 aliphatic heterocycles. The maximum absolute atomic E-state index is 14.4. The highest BCUT2D eigenvalue weighted by molar-refractivity contribution is 7.22. The van der Waals surface area contributed by atoms with Crippen LogP contribution in [0.15, 0.2) is 73.2 Å². The van der Waals surface area contributed by atoms with Crippen molar-refractivity contribution in [3.05, 3.63) is 107 Å². The summed E-state index contributed by atoms with van der Waals surface area (Å²) in [4.78, 5) is 39.0. The Morgan fingerprint density at radius 3 is 2.56 bits per heavy atom. The minimum atomic E-state index is -1.23. The molecule has 3 aromatic carbocycles. The number of benzene rings is 3. The van der Waals surface area contributed by atoms with Crippen LogP contribution in [0.25, 0.3) is 31.8 Å². The van der Waals surface area contributed by atoms with Crippen LogP contribution in [0.1, 0.15) is 49.5 Å². The summed E-state index contributed by atoms with van der Waals surface area (Å²) in [5.41, 5.74) is 3.35. The third kappa shape index (κ3) is 10.5. The first-order valence-corrected chi connectivity index (χ1v) is 23.2. The topological polar surface area (TPSA) is 140 Å². The highest BCUT2D eigenvalue weighted by Gasteiger charge is 2.33. The van der Waals surface area contributed by atoms with Gasteiger partial charge in [0.05, 0.1) is 35.9 Å². The molecular weight excluding hydrogens is 887 g/mol. The van der Waals surface area contributed by atoms with Gasteiger partial charge in [0.2, 0.25) is 12.0 Å². The van der Waals surface area contributed by atoms with Gasteiger partial charge in [0, 0.05) is 61.3 Å². The maximum Gasteiger partial charge on any atom is 0.348 e. The third-order valence-electron chi connectivity index (χ3n) is 11.5. The number of piperazine rings is 1. The molecule has 4 aliphatic rings. The molecule has 0 N–H and O–H groups in total. The Kier molecular flexibility index (Phi) is 13.7. The van der Waals surface area contributed by atoms with Gasteiger partial charge >= 0.3 is 5.97 Å². The minimum Gasteiger partial charge on any atom is -0.490 e. The van der Waals surface area contributed by atoms with E-state index in [0.29, 0.717) is 81.5 Å². The van der Waals surface area contributed by atoms with Crippen molar-refractivity contribution >= 4 is 39.1 Å². The fourth-order valence-corrected chi connectivity index (χ4v) is 9.51. The Hall–Kier alpha value is -5.49. The summed E-state index contributed by atoms with van der Waals surface area (Å²) in [5, 5.41) is 0.982. The van der Waals surface area contributed by atoms with Crippen molar-refractivity contribution in [1.82, 2.24) is 29.7 Å². The maximum atomic E-state index is 14.4. The number of nitrogens with zero attached hydrogens (tertiary/aromatic N) is 6. The lowest BCUT2D eigenvalue weighted by atomic mass is 9.96. The quantitative estimate of drug-likeness (QED) is 0.135. The molecule has 0 saturated carbocycles. The number of halogens is 2. The van der Waals surface area contributed by atoms with E-state index in [4.69, 9.17) is 49.7 Å². The van der Waals surface area contributed by atoms with Gasteiger partial charge in [-0.3, -0.25) is 4.90 Å². The first-order valence-electron chi connectivity index (χ1n) is 22.0. The Bertz CT molecular complexity index is 2690. The van der Waals surface area contributed by atoms with E-state index in [0.717, 1.165) is 47.7 Å². The highest BCUT2D eigenvalue weighted by Crippen LogP contribution is 2.50. The average molecular weight is 940 g/mol. The average Bonchev–Trinajstić information content (AvgIpc) is 3.70. The zero-order chi connectivity index (χ0) is 46.0. The van der Waals surface area contributed by atoms with Crippen LogP contribution in [0.3, 0.4) is 0 Å². The summed E-state index contributed by atoms with van der Waals surface area (Å²) in [6, 6.07) is 17.4. The van der Waals surface area contributed by atoms with E-state index in [2.05, 4.69) is 31.8 Å². The molecule has 4 bridgehead atoms.